The monoisotopic (exact) mass is 255 g/mol. The summed E-state index contributed by atoms with van der Waals surface area (Å²) in [6.45, 7) is 1.52. The highest BCUT2D eigenvalue weighted by atomic mass is 19.4. The maximum atomic E-state index is 12.3. The summed E-state index contributed by atoms with van der Waals surface area (Å²) in [7, 11) is 0. The van der Waals surface area contributed by atoms with Crippen LogP contribution in [0.15, 0.2) is 35.0 Å². The molecule has 18 heavy (non-hydrogen) atoms. The number of esters is 1. The molecular formula is C12H8F3NO2. The van der Waals surface area contributed by atoms with Crippen LogP contribution in [0, 0.1) is 0 Å². The van der Waals surface area contributed by atoms with Crippen molar-refractivity contribution in [2.75, 3.05) is 0 Å². The first-order valence-electron chi connectivity index (χ1n) is 5.03. The summed E-state index contributed by atoms with van der Waals surface area (Å²) >= 11 is 0. The average Bonchev–Trinajstić information content (AvgIpc) is 2.57. The van der Waals surface area contributed by atoms with Gasteiger partial charge in [0, 0.05) is 6.92 Å². The molecule has 1 aromatic rings. The Kier molecular flexibility index (Phi) is 2.94. The van der Waals surface area contributed by atoms with E-state index in [1.54, 1.807) is 0 Å². The number of carbonyl (C=O) groups excluding carboxylic acids is 1. The Labute approximate surface area is 101 Å². The predicted octanol–water partition coefficient (Wildman–Crippen LogP) is 3.02. The molecule has 0 spiro atoms. The van der Waals surface area contributed by atoms with Gasteiger partial charge in [0.1, 0.15) is 0 Å². The van der Waals surface area contributed by atoms with Crippen molar-refractivity contribution < 1.29 is 22.7 Å². The van der Waals surface area contributed by atoms with Gasteiger partial charge in [-0.2, -0.15) is 13.2 Å². The van der Waals surface area contributed by atoms with Gasteiger partial charge in [0.05, 0.1) is 5.56 Å². The normalized spacial score (nSPS) is 17.9. The summed E-state index contributed by atoms with van der Waals surface area (Å²) in [6, 6.07) is 4.44. The molecule has 0 bridgehead atoms. The number of ether oxygens (including phenoxy) is 1. The number of carbonyl (C=O) groups is 1. The zero-order valence-corrected chi connectivity index (χ0v) is 9.28. The fourth-order valence-electron chi connectivity index (χ4n) is 1.44. The third-order valence-electron chi connectivity index (χ3n) is 2.27. The molecule has 0 amide bonds. The molecule has 0 saturated carbocycles. The van der Waals surface area contributed by atoms with E-state index in [2.05, 4.69) is 9.73 Å². The van der Waals surface area contributed by atoms with E-state index in [0.29, 0.717) is 5.56 Å². The van der Waals surface area contributed by atoms with Crippen molar-refractivity contribution in [2.45, 2.75) is 13.1 Å². The first-order chi connectivity index (χ1) is 8.36. The number of nitrogens with zero attached hydrogens (tertiary/aromatic N) is 1. The molecule has 3 nitrogen and oxygen atoms in total. The molecule has 0 unspecified atom stereocenters. The lowest BCUT2D eigenvalue weighted by Crippen LogP contribution is -2.04. The van der Waals surface area contributed by atoms with Crippen molar-refractivity contribution >= 4 is 17.9 Å². The number of alkyl halides is 3. The van der Waals surface area contributed by atoms with Crippen LogP contribution < -0.4 is 0 Å². The molecule has 0 aliphatic carbocycles. The van der Waals surface area contributed by atoms with Gasteiger partial charge in [0.15, 0.2) is 11.6 Å². The summed E-state index contributed by atoms with van der Waals surface area (Å²) in [5.74, 6) is -0.384. The van der Waals surface area contributed by atoms with Crippen molar-refractivity contribution in [3.05, 3.63) is 41.1 Å². The highest BCUT2D eigenvalue weighted by Crippen LogP contribution is 2.29. The van der Waals surface area contributed by atoms with Crippen molar-refractivity contribution in [1.82, 2.24) is 0 Å². The smallest absolute Gasteiger partial charge is 0.407 e. The number of halogens is 3. The maximum absolute atomic E-state index is 12.3. The molecule has 1 heterocycles. The second-order valence-corrected chi connectivity index (χ2v) is 3.67. The molecule has 1 aromatic carbocycles. The van der Waals surface area contributed by atoms with Gasteiger partial charge in [-0.3, -0.25) is 0 Å². The molecule has 0 atom stereocenters. The van der Waals surface area contributed by atoms with Crippen molar-refractivity contribution in [1.29, 1.82) is 0 Å². The second kappa shape index (κ2) is 4.29. The largest absolute Gasteiger partial charge is 0.416 e. The number of rotatable bonds is 1. The summed E-state index contributed by atoms with van der Waals surface area (Å²) < 4.78 is 41.7. The van der Waals surface area contributed by atoms with Crippen LogP contribution in [-0.4, -0.2) is 11.9 Å². The number of cyclic esters (lactones) is 1. The van der Waals surface area contributed by atoms with Crippen LogP contribution in [0.25, 0.3) is 6.08 Å². The van der Waals surface area contributed by atoms with Gasteiger partial charge in [-0.25, -0.2) is 9.79 Å². The lowest BCUT2D eigenvalue weighted by Gasteiger charge is -2.05. The van der Waals surface area contributed by atoms with E-state index in [0.717, 1.165) is 12.1 Å². The highest BCUT2D eigenvalue weighted by Gasteiger charge is 2.30. The van der Waals surface area contributed by atoms with E-state index >= 15 is 0 Å². The average molecular weight is 255 g/mol. The minimum Gasteiger partial charge on any atom is -0.407 e. The Hall–Kier alpha value is -2.11. The molecule has 1 aliphatic heterocycles. The van der Waals surface area contributed by atoms with Crippen LogP contribution in [0.3, 0.4) is 0 Å². The van der Waals surface area contributed by atoms with Crippen LogP contribution in [0.1, 0.15) is 18.1 Å². The standard InChI is InChI=1S/C12H8F3NO2/c1-7-16-10(11(17)18-7)6-8-2-4-9(5-3-8)12(13,14)15/h2-6H,1H3/b10-6-. The fraction of sp³-hybridized carbons (Fsp3) is 0.167. The van der Waals surface area contributed by atoms with E-state index in [4.69, 9.17) is 0 Å². The molecular weight excluding hydrogens is 247 g/mol. The molecule has 0 aromatic heterocycles. The van der Waals surface area contributed by atoms with Crippen LogP contribution >= 0.6 is 0 Å². The minimum absolute atomic E-state index is 0.0762. The molecule has 2 rings (SSSR count). The van der Waals surface area contributed by atoms with Crippen LogP contribution in [0.4, 0.5) is 13.2 Å². The summed E-state index contributed by atoms with van der Waals surface area (Å²) in [5, 5.41) is 0. The number of hydrogen-bond donors (Lipinski definition) is 0. The number of aliphatic imine (C=N–C) groups is 1. The molecule has 0 fully saturated rings. The Morgan fingerprint density at radius 3 is 2.28 bits per heavy atom. The Balaban J connectivity index is 2.26. The van der Waals surface area contributed by atoms with Gasteiger partial charge < -0.3 is 4.74 Å². The zero-order chi connectivity index (χ0) is 13.3. The first kappa shape index (κ1) is 12.3. The van der Waals surface area contributed by atoms with E-state index in [9.17, 15) is 18.0 Å². The van der Waals surface area contributed by atoms with Gasteiger partial charge in [-0.1, -0.05) is 12.1 Å². The topological polar surface area (TPSA) is 38.7 Å². The minimum atomic E-state index is -4.37. The molecule has 1 aliphatic rings. The highest BCUT2D eigenvalue weighted by molar-refractivity contribution is 6.06. The molecule has 0 radical (unpaired) electrons. The summed E-state index contributed by atoms with van der Waals surface area (Å²) in [4.78, 5) is 15.0. The number of benzene rings is 1. The van der Waals surface area contributed by atoms with Crippen molar-refractivity contribution in [3.8, 4) is 0 Å². The lowest BCUT2D eigenvalue weighted by molar-refractivity contribution is -0.137. The van der Waals surface area contributed by atoms with Crippen molar-refractivity contribution in [3.63, 3.8) is 0 Å². The van der Waals surface area contributed by atoms with Crippen LogP contribution in [0.5, 0.6) is 0 Å². The Bertz CT molecular complexity index is 541. The van der Waals surface area contributed by atoms with Crippen LogP contribution in [-0.2, 0) is 15.7 Å². The third-order valence-corrected chi connectivity index (χ3v) is 2.27. The fourth-order valence-corrected chi connectivity index (χ4v) is 1.44. The maximum Gasteiger partial charge on any atom is 0.416 e. The van der Waals surface area contributed by atoms with Gasteiger partial charge in [-0.05, 0) is 23.8 Å². The molecule has 0 saturated heterocycles. The van der Waals surface area contributed by atoms with E-state index < -0.39 is 17.7 Å². The van der Waals surface area contributed by atoms with Gasteiger partial charge >= 0.3 is 12.1 Å². The van der Waals surface area contributed by atoms with Gasteiger partial charge in [0.2, 0.25) is 0 Å². The van der Waals surface area contributed by atoms with E-state index in [1.165, 1.54) is 25.1 Å². The summed E-state index contributed by atoms with van der Waals surface area (Å²) in [6.07, 6.45) is -2.99. The lowest BCUT2D eigenvalue weighted by atomic mass is 10.1. The predicted molar refractivity (Wildman–Crippen MR) is 58.6 cm³/mol. The SMILES string of the molecule is CC1=N/C(=C\c2ccc(C(F)(F)F)cc2)C(=O)O1. The van der Waals surface area contributed by atoms with Crippen molar-refractivity contribution in [2.24, 2.45) is 4.99 Å². The van der Waals surface area contributed by atoms with E-state index in [1.807, 2.05) is 0 Å². The Morgan fingerprint density at radius 2 is 1.83 bits per heavy atom. The zero-order valence-electron chi connectivity index (χ0n) is 9.28. The molecule has 6 heteroatoms. The van der Waals surface area contributed by atoms with Crippen LogP contribution in [0.2, 0.25) is 0 Å². The number of hydrogen-bond acceptors (Lipinski definition) is 3. The van der Waals surface area contributed by atoms with Gasteiger partial charge in [0.25, 0.3) is 0 Å². The molecule has 0 N–H and O–H groups in total. The summed E-state index contributed by atoms with van der Waals surface area (Å²) in [5.41, 5.74) is -0.209. The third kappa shape index (κ3) is 2.58. The second-order valence-electron chi connectivity index (χ2n) is 3.67. The van der Waals surface area contributed by atoms with Gasteiger partial charge in [-0.15, -0.1) is 0 Å². The molecule has 94 valence electrons. The van der Waals surface area contributed by atoms with E-state index in [-0.39, 0.29) is 11.6 Å². The first-order valence-corrected chi connectivity index (χ1v) is 5.03. The quantitative estimate of drug-likeness (QED) is 0.571. The Morgan fingerprint density at radius 1 is 1.22 bits per heavy atom.